The van der Waals surface area contributed by atoms with Crippen molar-refractivity contribution < 1.29 is 80.2 Å². The SMILES string of the molecule is CCCCCCCCCCCCCCCCCCCC(=O)O[C@H](COC(=O)CCCCCCCCCCCC)COP(=O)(O)OC[C@@H](O)COP(=O)(O)OC[C@@H](COC(=O)CCCCCCCCC)OC(=O)CCCCCCCCCC. The third-order valence-corrected chi connectivity index (χ3v) is 16.5. The summed E-state index contributed by atoms with van der Waals surface area (Å²) in [4.78, 5) is 71.9. The van der Waals surface area contributed by atoms with Crippen LogP contribution in [-0.2, 0) is 65.4 Å². The van der Waals surface area contributed by atoms with Gasteiger partial charge >= 0.3 is 39.5 Å². The molecule has 0 aromatic rings. The molecule has 82 heavy (non-hydrogen) atoms. The van der Waals surface area contributed by atoms with Gasteiger partial charge < -0.3 is 33.8 Å². The highest BCUT2D eigenvalue weighted by molar-refractivity contribution is 7.47. The molecule has 486 valence electrons. The highest BCUT2D eigenvalue weighted by Gasteiger charge is 2.30. The van der Waals surface area contributed by atoms with E-state index in [0.717, 1.165) is 109 Å². The molecule has 0 aromatic carbocycles. The van der Waals surface area contributed by atoms with Gasteiger partial charge in [0.1, 0.15) is 19.3 Å². The molecular formula is C63H122O17P2. The Hall–Kier alpha value is -1.94. The lowest BCUT2D eigenvalue weighted by Gasteiger charge is -2.21. The second kappa shape index (κ2) is 58.1. The topological polar surface area (TPSA) is 237 Å². The molecule has 19 heteroatoms. The van der Waals surface area contributed by atoms with Crippen molar-refractivity contribution >= 4 is 39.5 Å². The Morgan fingerprint density at radius 1 is 0.293 bits per heavy atom. The Bertz CT molecular complexity index is 1590. The molecule has 0 aliphatic heterocycles. The molecule has 0 saturated heterocycles. The van der Waals surface area contributed by atoms with Crippen LogP contribution < -0.4 is 0 Å². The van der Waals surface area contributed by atoms with Gasteiger partial charge in [0.2, 0.25) is 0 Å². The number of hydrogen-bond donors (Lipinski definition) is 3. The summed E-state index contributed by atoms with van der Waals surface area (Å²) in [5, 5.41) is 10.5. The number of unbranched alkanes of at least 4 members (excludes halogenated alkanes) is 38. The summed E-state index contributed by atoms with van der Waals surface area (Å²) in [6.07, 6.45) is 43.2. The Morgan fingerprint density at radius 3 is 0.720 bits per heavy atom. The van der Waals surface area contributed by atoms with Crippen LogP contribution in [0.25, 0.3) is 0 Å². The molecule has 0 fully saturated rings. The first kappa shape index (κ1) is 80.1. The minimum absolute atomic E-state index is 0.105. The van der Waals surface area contributed by atoms with E-state index in [0.29, 0.717) is 25.7 Å². The van der Waals surface area contributed by atoms with E-state index in [1.54, 1.807) is 0 Å². The minimum atomic E-state index is -4.94. The number of ether oxygens (including phenoxy) is 4. The van der Waals surface area contributed by atoms with Crippen molar-refractivity contribution in [3.05, 3.63) is 0 Å². The second-order valence-electron chi connectivity index (χ2n) is 22.8. The average molecular weight is 1210 g/mol. The monoisotopic (exact) mass is 1210 g/mol. The van der Waals surface area contributed by atoms with E-state index in [1.807, 2.05) is 0 Å². The molecule has 0 saturated carbocycles. The van der Waals surface area contributed by atoms with Crippen LogP contribution in [0.3, 0.4) is 0 Å². The van der Waals surface area contributed by atoms with Crippen LogP contribution in [0.5, 0.6) is 0 Å². The minimum Gasteiger partial charge on any atom is -0.462 e. The molecule has 3 N–H and O–H groups in total. The Balaban J connectivity index is 5.15. The molecular weight excluding hydrogens is 1090 g/mol. The second-order valence-corrected chi connectivity index (χ2v) is 25.7. The normalized spacial score (nSPS) is 14.2. The van der Waals surface area contributed by atoms with E-state index in [1.165, 1.54) is 135 Å². The maximum Gasteiger partial charge on any atom is 0.472 e. The van der Waals surface area contributed by atoms with Gasteiger partial charge in [0.05, 0.1) is 26.4 Å². The summed E-state index contributed by atoms with van der Waals surface area (Å²) in [6, 6.07) is 0. The van der Waals surface area contributed by atoms with Crippen molar-refractivity contribution in [2.75, 3.05) is 39.6 Å². The molecule has 0 radical (unpaired) electrons. The molecule has 2 unspecified atom stereocenters. The zero-order valence-corrected chi connectivity index (χ0v) is 54.2. The highest BCUT2D eigenvalue weighted by Crippen LogP contribution is 2.45. The lowest BCUT2D eigenvalue weighted by molar-refractivity contribution is -0.161. The summed E-state index contributed by atoms with van der Waals surface area (Å²) in [6.45, 7) is 4.82. The van der Waals surface area contributed by atoms with Gasteiger partial charge in [-0.15, -0.1) is 0 Å². The molecule has 0 rings (SSSR count). The summed E-state index contributed by atoms with van der Waals surface area (Å²) < 4.78 is 67.8. The van der Waals surface area contributed by atoms with E-state index in [4.69, 9.17) is 37.0 Å². The van der Waals surface area contributed by atoms with Gasteiger partial charge in [-0.25, -0.2) is 9.13 Å². The number of phosphoric acid groups is 2. The molecule has 0 aliphatic carbocycles. The first-order valence-corrected chi connectivity index (χ1v) is 36.3. The molecule has 0 amide bonds. The van der Waals surface area contributed by atoms with Crippen LogP contribution in [0.4, 0.5) is 0 Å². The molecule has 17 nitrogen and oxygen atoms in total. The van der Waals surface area contributed by atoms with Gasteiger partial charge in [0.25, 0.3) is 0 Å². The summed E-state index contributed by atoms with van der Waals surface area (Å²) in [7, 11) is -9.87. The number of carbonyl (C=O) groups is 4. The van der Waals surface area contributed by atoms with Crippen LogP contribution in [0.1, 0.15) is 323 Å². The Kier molecular flexibility index (Phi) is 56.7. The van der Waals surface area contributed by atoms with E-state index in [-0.39, 0.29) is 25.7 Å². The first-order chi connectivity index (χ1) is 39.7. The highest BCUT2D eigenvalue weighted by atomic mass is 31.2. The molecule has 0 bridgehead atoms. The van der Waals surface area contributed by atoms with Gasteiger partial charge in [0, 0.05) is 25.7 Å². The van der Waals surface area contributed by atoms with Crippen molar-refractivity contribution in [1.29, 1.82) is 0 Å². The van der Waals surface area contributed by atoms with E-state index in [2.05, 4.69) is 27.7 Å². The molecule has 0 spiro atoms. The van der Waals surface area contributed by atoms with E-state index in [9.17, 15) is 43.2 Å². The fourth-order valence-corrected chi connectivity index (χ4v) is 11.0. The number of esters is 4. The van der Waals surface area contributed by atoms with Gasteiger partial charge in [-0.1, -0.05) is 272 Å². The fourth-order valence-electron chi connectivity index (χ4n) is 9.46. The third kappa shape index (κ3) is 57.2. The van der Waals surface area contributed by atoms with Crippen LogP contribution in [0, 0.1) is 0 Å². The van der Waals surface area contributed by atoms with Crippen LogP contribution in [0.15, 0.2) is 0 Å². The number of rotatable bonds is 64. The summed E-state index contributed by atoms with van der Waals surface area (Å²) >= 11 is 0. The number of phosphoric ester groups is 2. The summed E-state index contributed by atoms with van der Waals surface area (Å²) in [5.74, 6) is -2.14. The number of aliphatic hydroxyl groups excluding tert-OH is 1. The van der Waals surface area contributed by atoms with Crippen molar-refractivity contribution in [2.45, 2.75) is 341 Å². The maximum absolute atomic E-state index is 13.0. The smallest absolute Gasteiger partial charge is 0.462 e. The van der Waals surface area contributed by atoms with Gasteiger partial charge in [-0.2, -0.15) is 0 Å². The predicted octanol–water partition coefficient (Wildman–Crippen LogP) is 17.5. The zero-order chi connectivity index (χ0) is 60.5. The maximum atomic E-state index is 13.0. The number of carbonyl (C=O) groups excluding carboxylic acids is 4. The molecule has 0 heterocycles. The Labute approximate surface area is 498 Å². The summed E-state index contributed by atoms with van der Waals surface area (Å²) in [5.41, 5.74) is 0. The number of hydrogen-bond acceptors (Lipinski definition) is 15. The largest absolute Gasteiger partial charge is 0.472 e. The standard InChI is InChI=1S/C63H122O17P2/c1-5-9-13-17-21-24-26-27-28-29-30-31-32-34-38-42-46-50-63(68)80-59(54-74-61(66)48-44-40-37-33-25-22-18-14-10-6-2)56-78-82(71,72)76-52-57(64)51-75-81(69,70)77-55-58(53-73-60(65)47-43-39-35-20-16-12-8-4)79-62(67)49-45-41-36-23-19-15-11-7-3/h57-59,64H,5-56H2,1-4H3,(H,69,70)(H,71,72)/t57-,58+,59+/m0/s1. The van der Waals surface area contributed by atoms with Crippen LogP contribution in [-0.4, -0.2) is 96.7 Å². The van der Waals surface area contributed by atoms with Gasteiger partial charge in [-0.3, -0.25) is 37.3 Å². The molecule has 5 atom stereocenters. The van der Waals surface area contributed by atoms with Crippen molar-refractivity contribution in [1.82, 2.24) is 0 Å². The zero-order valence-electron chi connectivity index (χ0n) is 52.5. The first-order valence-electron chi connectivity index (χ1n) is 33.3. The predicted molar refractivity (Wildman–Crippen MR) is 326 cm³/mol. The lowest BCUT2D eigenvalue weighted by atomic mass is 10.0. The molecule has 0 aromatic heterocycles. The van der Waals surface area contributed by atoms with E-state index < -0.39 is 97.5 Å². The third-order valence-electron chi connectivity index (χ3n) is 14.6. The van der Waals surface area contributed by atoms with Gasteiger partial charge in [0.15, 0.2) is 12.2 Å². The van der Waals surface area contributed by atoms with Crippen molar-refractivity contribution in [3.8, 4) is 0 Å². The fraction of sp³-hybridized carbons (Fsp3) is 0.937. The Morgan fingerprint density at radius 2 is 0.488 bits per heavy atom. The average Bonchev–Trinajstić information content (AvgIpc) is 3.47. The van der Waals surface area contributed by atoms with Crippen LogP contribution in [0.2, 0.25) is 0 Å². The van der Waals surface area contributed by atoms with E-state index >= 15 is 0 Å². The van der Waals surface area contributed by atoms with Crippen molar-refractivity contribution in [2.24, 2.45) is 0 Å². The quantitative estimate of drug-likeness (QED) is 0.0222. The lowest BCUT2D eigenvalue weighted by Crippen LogP contribution is -2.30. The molecule has 0 aliphatic rings. The van der Waals surface area contributed by atoms with Crippen LogP contribution >= 0.6 is 15.6 Å². The van der Waals surface area contributed by atoms with Crippen molar-refractivity contribution in [3.63, 3.8) is 0 Å². The number of aliphatic hydroxyl groups is 1. The van der Waals surface area contributed by atoms with Gasteiger partial charge in [-0.05, 0) is 25.7 Å².